The smallest absolute Gasteiger partial charge is 0.0672 e. The zero-order valence-corrected chi connectivity index (χ0v) is 9.41. The van der Waals surface area contributed by atoms with Gasteiger partial charge in [-0.15, -0.1) is 0 Å². The van der Waals surface area contributed by atoms with Crippen LogP contribution in [0.25, 0.3) is 0 Å². The van der Waals surface area contributed by atoms with Crippen molar-refractivity contribution in [3.05, 3.63) is 0 Å². The van der Waals surface area contributed by atoms with Crippen molar-refractivity contribution >= 4 is 0 Å². The van der Waals surface area contributed by atoms with Crippen LogP contribution in [0.4, 0.5) is 0 Å². The second-order valence-corrected chi connectivity index (χ2v) is 4.36. The van der Waals surface area contributed by atoms with Crippen molar-refractivity contribution in [2.24, 2.45) is 5.92 Å². The highest BCUT2D eigenvalue weighted by molar-refractivity contribution is 4.93. The third-order valence-corrected chi connectivity index (χ3v) is 3.17. The van der Waals surface area contributed by atoms with Gasteiger partial charge in [-0.2, -0.15) is 5.26 Å². The molecule has 0 radical (unpaired) electrons. The molecule has 3 heteroatoms. The van der Waals surface area contributed by atoms with Crippen LogP contribution in [0.15, 0.2) is 0 Å². The predicted molar refractivity (Wildman–Crippen MR) is 60.3 cm³/mol. The number of aliphatic hydroxyl groups excluding tert-OH is 1. The van der Waals surface area contributed by atoms with Gasteiger partial charge >= 0.3 is 0 Å². The van der Waals surface area contributed by atoms with E-state index in [0.717, 1.165) is 32.2 Å². The van der Waals surface area contributed by atoms with Gasteiger partial charge in [-0.05, 0) is 32.2 Å². The number of hydrogen-bond acceptors (Lipinski definition) is 3. The molecule has 2 atom stereocenters. The molecule has 1 aliphatic rings. The van der Waals surface area contributed by atoms with E-state index in [-0.39, 0.29) is 12.5 Å². The van der Waals surface area contributed by atoms with E-state index in [1.165, 1.54) is 19.3 Å². The van der Waals surface area contributed by atoms with E-state index in [4.69, 9.17) is 10.4 Å². The molecule has 0 aliphatic heterocycles. The summed E-state index contributed by atoms with van der Waals surface area (Å²) < 4.78 is 0. The first-order chi connectivity index (χ1) is 7.38. The molecule has 86 valence electrons. The van der Waals surface area contributed by atoms with Gasteiger partial charge in [0, 0.05) is 12.6 Å². The van der Waals surface area contributed by atoms with Gasteiger partial charge in [0.15, 0.2) is 0 Å². The lowest BCUT2D eigenvalue weighted by molar-refractivity contribution is 0.280. The summed E-state index contributed by atoms with van der Waals surface area (Å²) in [5, 5.41) is 21.2. The van der Waals surface area contributed by atoms with E-state index in [9.17, 15) is 0 Å². The second kappa shape index (κ2) is 7.67. The fourth-order valence-electron chi connectivity index (χ4n) is 2.23. The van der Waals surface area contributed by atoms with Gasteiger partial charge in [0.25, 0.3) is 0 Å². The lowest BCUT2D eigenvalue weighted by Crippen LogP contribution is -2.35. The summed E-state index contributed by atoms with van der Waals surface area (Å²) in [5.41, 5.74) is 0. The fraction of sp³-hybridized carbons (Fsp3) is 0.917. The molecule has 15 heavy (non-hydrogen) atoms. The molecule has 0 aromatic heterocycles. The van der Waals surface area contributed by atoms with Crippen molar-refractivity contribution in [1.82, 2.24) is 5.32 Å². The Hall–Kier alpha value is -0.590. The van der Waals surface area contributed by atoms with E-state index >= 15 is 0 Å². The van der Waals surface area contributed by atoms with Crippen molar-refractivity contribution in [3.63, 3.8) is 0 Å². The number of hydrogen-bond donors (Lipinski definition) is 2. The molecule has 1 fully saturated rings. The molecule has 2 unspecified atom stereocenters. The van der Waals surface area contributed by atoms with Gasteiger partial charge in [-0.3, -0.25) is 0 Å². The maximum Gasteiger partial charge on any atom is 0.0672 e. The largest absolute Gasteiger partial charge is 0.396 e. The molecule has 1 saturated carbocycles. The SMILES string of the molecule is N#CC1CCCCCC1NCCCCO. The van der Waals surface area contributed by atoms with E-state index < -0.39 is 0 Å². The quantitative estimate of drug-likeness (QED) is 0.537. The Balaban J connectivity index is 2.26. The summed E-state index contributed by atoms with van der Waals surface area (Å²) in [5.74, 6) is 0.196. The maximum atomic E-state index is 9.06. The van der Waals surface area contributed by atoms with E-state index in [1.807, 2.05) is 0 Å². The molecule has 3 nitrogen and oxygen atoms in total. The molecule has 0 spiro atoms. The first-order valence-corrected chi connectivity index (χ1v) is 6.12. The van der Waals surface area contributed by atoms with Crippen LogP contribution in [-0.4, -0.2) is 24.3 Å². The topological polar surface area (TPSA) is 56.0 Å². The number of nitrogens with one attached hydrogen (secondary N) is 1. The minimum atomic E-state index is 0.196. The second-order valence-electron chi connectivity index (χ2n) is 4.36. The Morgan fingerprint density at radius 1 is 1.20 bits per heavy atom. The minimum absolute atomic E-state index is 0.196. The Kier molecular flexibility index (Phi) is 6.38. The van der Waals surface area contributed by atoms with Gasteiger partial charge in [-0.1, -0.05) is 19.3 Å². The van der Waals surface area contributed by atoms with E-state index in [2.05, 4.69) is 11.4 Å². The van der Waals surface area contributed by atoms with Crippen molar-refractivity contribution in [2.45, 2.75) is 51.0 Å². The summed E-state index contributed by atoms with van der Waals surface area (Å²) >= 11 is 0. The van der Waals surface area contributed by atoms with Crippen LogP contribution >= 0.6 is 0 Å². The van der Waals surface area contributed by atoms with Crippen molar-refractivity contribution in [1.29, 1.82) is 5.26 Å². The summed E-state index contributed by atoms with van der Waals surface area (Å²) in [6.07, 6.45) is 7.77. The van der Waals surface area contributed by atoms with Crippen LogP contribution in [0.1, 0.15) is 44.9 Å². The zero-order valence-electron chi connectivity index (χ0n) is 9.41. The van der Waals surface area contributed by atoms with Crippen LogP contribution in [0.2, 0.25) is 0 Å². The molecule has 0 heterocycles. The molecule has 0 saturated heterocycles. The average Bonchev–Trinajstić information content (AvgIpc) is 2.49. The standard InChI is InChI=1S/C12H22N2O/c13-10-11-6-2-1-3-7-12(11)14-8-4-5-9-15/h11-12,14-15H,1-9H2. The number of nitriles is 1. The molecule has 1 aliphatic carbocycles. The molecular weight excluding hydrogens is 188 g/mol. The van der Waals surface area contributed by atoms with Crippen molar-refractivity contribution < 1.29 is 5.11 Å². The summed E-state index contributed by atoms with van der Waals surface area (Å²) in [4.78, 5) is 0. The number of nitrogens with zero attached hydrogens (tertiary/aromatic N) is 1. The van der Waals surface area contributed by atoms with Gasteiger partial charge < -0.3 is 10.4 Å². The van der Waals surface area contributed by atoms with Crippen LogP contribution in [-0.2, 0) is 0 Å². The molecule has 0 amide bonds. The molecule has 1 rings (SSSR count). The number of unbranched alkanes of at least 4 members (excludes halogenated alkanes) is 1. The fourth-order valence-corrected chi connectivity index (χ4v) is 2.23. The third kappa shape index (κ3) is 4.63. The summed E-state index contributed by atoms with van der Waals surface area (Å²) in [6, 6.07) is 2.81. The monoisotopic (exact) mass is 210 g/mol. The van der Waals surface area contributed by atoms with E-state index in [1.54, 1.807) is 0 Å². The highest BCUT2D eigenvalue weighted by Gasteiger charge is 2.22. The van der Waals surface area contributed by atoms with Crippen LogP contribution in [0.5, 0.6) is 0 Å². The number of aliphatic hydroxyl groups is 1. The molecular formula is C12H22N2O. The average molecular weight is 210 g/mol. The lowest BCUT2D eigenvalue weighted by Gasteiger charge is -2.20. The van der Waals surface area contributed by atoms with Gasteiger partial charge in [0.2, 0.25) is 0 Å². The first-order valence-electron chi connectivity index (χ1n) is 6.12. The highest BCUT2D eigenvalue weighted by Crippen LogP contribution is 2.22. The van der Waals surface area contributed by atoms with Gasteiger partial charge in [0.05, 0.1) is 12.0 Å². The van der Waals surface area contributed by atoms with Crippen molar-refractivity contribution in [3.8, 4) is 6.07 Å². The van der Waals surface area contributed by atoms with Crippen LogP contribution in [0, 0.1) is 17.2 Å². The van der Waals surface area contributed by atoms with Crippen LogP contribution < -0.4 is 5.32 Å². The van der Waals surface area contributed by atoms with Gasteiger partial charge in [0.1, 0.15) is 0 Å². The molecule has 0 aromatic rings. The third-order valence-electron chi connectivity index (χ3n) is 3.17. The predicted octanol–water partition coefficient (Wildman–Crippen LogP) is 1.82. The highest BCUT2D eigenvalue weighted by atomic mass is 16.2. The van der Waals surface area contributed by atoms with E-state index in [0.29, 0.717) is 6.04 Å². The Morgan fingerprint density at radius 2 is 2.00 bits per heavy atom. The number of rotatable bonds is 5. The van der Waals surface area contributed by atoms with Crippen molar-refractivity contribution in [2.75, 3.05) is 13.2 Å². The Labute approximate surface area is 92.5 Å². The molecule has 2 N–H and O–H groups in total. The Morgan fingerprint density at radius 3 is 2.73 bits per heavy atom. The minimum Gasteiger partial charge on any atom is -0.396 e. The molecule has 0 bridgehead atoms. The lowest BCUT2D eigenvalue weighted by atomic mass is 9.96. The first kappa shape index (κ1) is 12.5. The summed E-state index contributed by atoms with van der Waals surface area (Å²) in [7, 11) is 0. The Bertz CT molecular complexity index is 200. The summed E-state index contributed by atoms with van der Waals surface area (Å²) in [6.45, 7) is 1.21. The normalized spacial score (nSPS) is 26.9. The van der Waals surface area contributed by atoms with Crippen LogP contribution in [0.3, 0.4) is 0 Å². The molecule has 0 aromatic carbocycles. The van der Waals surface area contributed by atoms with Gasteiger partial charge in [-0.25, -0.2) is 0 Å². The maximum absolute atomic E-state index is 9.06. The zero-order chi connectivity index (χ0) is 10.9.